The molecule has 0 saturated heterocycles. The van der Waals surface area contributed by atoms with E-state index < -0.39 is 5.91 Å². The molecule has 1 aromatic carbocycles. The number of benzene rings is 1. The van der Waals surface area contributed by atoms with Gasteiger partial charge in [0.15, 0.2) is 5.69 Å². The van der Waals surface area contributed by atoms with E-state index in [0.29, 0.717) is 16.4 Å². The van der Waals surface area contributed by atoms with E-state index in [1.807, 2.05) is 0 Å². The zero-order valence-corrected chi connectivity index (χ0v) is 10.7. The molecule has 0 aliphatic heterocycles. The molecule has 0 aliphatic carbocycles. The summed E-state index contributed by atoms with van der Waals surface area (Å²) in [4.78, 5) is 15.8. The van der Waals surface area contributed by atoms with Gasteiger partial charge in [0.25, 0.3) is 5.91 Å². The van der Waals surface area contributed by atoms with Gasteiger partial charge in [0.2, 0.25) is 0 Å². The number of nitrogens with one attached hydrogen (secondary N) is 2. The van der Waals surface area contributed by atoms with Crippen LogP contribution in [0.15, 0.2) is 37.1 Å². The van der Waals surface area contributed by atoms with Gasteiger partial charge < -0.3 is 5.32 Å². The first kappa shape index (κ1) is 12.3. The monoisotopic (exact) mass is 289 g/mol. The Morgan fingerprint density at radius 2 is 2.30 bits per heavy atom. The Kier molecular flexibility index (Phi) is 3.13. The first-order chi connectivity index (χ1) is 9.75. The Bertz CT molecular complexity index is 723. The third kappa shape index (κ3) is 2.24. The topological polar surface area (TPSA) is 101 Å². The van der Waals surface area contributed by atoms with Crippen LogP contribution in [0.1, 0.15) is 10.5 Å². The lowest BCUT2D eigenvalue weighted by Crippen LogP contribution is -2.14. The summed E-state index contributed by atoms with van der Waals surface area (Å²) in [5.74, 6) is -0.401. The maximum absolute atomic E-state index is 12.0. The summed E-state index contributed by atoms with van der Waals surface area (Å²) < 4.78 is 1.47. The van der Waals surface area contributed by atoms with E-state index in [4.69, 9.17) is 11.6 Å². The van der Waals surface area contributed by atoms with Gasteiger partial charge in [-0.3, -0.25) is 4.79 Å². The van der Waals surface area contributed by atoms with Gasteiger partial charge in [0.1, 0.15) is 18.3 Å². The number of halogens is 1. The summed E-state index contributed by atoms with van der Waals surface area (Å²) >= 11 is 6.16. The first-order valence-corrected chi connectivity index (χ1v) is 5.94. The van der Waals surface area contributed by atoms with Crippen LogP contribution in [0.25, 0.3) is 5.69 Å². The largest absolute Gasteiger partial charge is 0.319 e. The standard InChI is InChI=1S/C11H8ClN7O/c12-7-2-1-3-8(10(7)19-6-13-5-15-19)16-11(20)9-4-14-18-17-9/h1-6H,(H,16,20)(H,14,17,18). The van der Waals surface area contributed by atoms with Crippen molar-refractivity contribution < 1.29 is 4.79 Å². The molecule has 0 bridgehead atoms. The summed E-state index contributed by atoms with van der Waals surface area (Å²) in [6, 6.07) is 5.13. The van der Waals surface area contributed by atoms with Crippen LogP contribution < -0.4 is 5.32 Å². The fourth-order valence-electron chi connectivity index (χ4n) is 1.67. The molecule has 20 heavy (non-hydrogen) atoms. The highest BCUT2D eigenvalue weighted by molar-refractivity contribution is 6.33. The highest BCUT2D eigenvalue weighted by atomic mass is 35.5. The van der Waals surface area contributed by atoms with Crippen LogP contribution in [0.2, 0.25) is 5.02 Å². The highest BCUT2D eigenvalue weighted by Gasteiger charge is 2.15. The van der Waals surface area contributed by atoms with Crippen molar-refractivity contribution in [3.8, 4) is 5.69 Å². The van der Waals surface area contributed by atoms with Crippen LogP contribution in [-0.2, 0) is 0 Å². The highest BCUT2D eigenvalue weighted by Crippen LogP contribution is 2.27. The van der Waals surface area contributed by atoms with Gasteiger partial charge in [-0.15, -0.1) is 0 Å². The van der Waals surface area contributed by atoms with Gasteiger partial charge >= 0.3 is 0 Å². The zero-order valence-electron chi connectivity index (χ0n) is 9.99. The van der Waals surface area contributed by atoms with E-state index in [2.05, 4.69) is 30.8 Å². The van der Waals surface area contributed by atoms with Crippen molar-refractivity contribution in [2.75, 3.05) is 5.32 Å². The predicted molar refractivity (Wildman–Crippen MR) is 70.7 cm³/mol. The van der Waals surface area contributed by atoms with Gasteiger partial charge in [-0.25, -0.2) is 9.67 Å². The predicted octanol–water partition coefficient (Wildman–Crippen LogP) is 1.29. The summed E-state index contributed by atoms with van der Waals surface area (Å²) in [6.07, 6.45) is 4.20. The molecule has 1 amide bonds. The summed E-state index contributed by atoms with van der Waals surface area (Å²) in [5.41, 5.74) is 1.20. The van der Waals surface area contributed by atoms with Crippen molar-refractivity contribution in [2.24, 2.45) is 0 Å². The third-order valence-electron chi connectivity index (χ3n) is 2.53. The number of hydrogen-bond acceptors (Lipinski definition) is 5. The molecule has 0 unspecified atom stereocenters. The van der Waals surface area contributed by atoms with Crippen LogP contribution in [0.5, 0.6) is 0 Å². The Hall–Kier alpha value is -2.74. The number of anilines is 1. The lowest BCUT2D eigenvalue weighted by Gasteiger charge is -2.11. The minimum atomic E-state index is -0.401. The SMILES string of the molecule is O=C(Nc1cccc(Cl)c1-n1cncn1)c1cn[nH]n1. The Morgan fingerprint density at radius 1 is 1.40 bits per heavy atom. The number of aromatic amines is 1. The second kappa shape index (κ2) is 5.10. The zero-order chi connectivity index (χ0) is 13.9. The second-order valence-electron chi connectivity index (χ2n) is 3.79. The summed E-state index contributed by atoms with van der Waals surface area (Å²) in [5, 5.41) is 16.8. The maximum Gasteiger partial charge on any atom is 0.277 e. The van der Waals surface area contributed by atoms with Crippen molar-refractivity contribution in [1.29, 1.82) is 0 Å². The van der Waals surface area contributed by atoms with Gasteiger partial charge in [-0.05, 0) is 12.1 Å². The second-order valence-corrected chi connectivity index (χ2v) is 4.19. The number of carbonyl (C=O) groups is 1. The number of aromatic nitrogens is 6. The number of rotatable bonds is 3. The molecule has 0 atom stereocenters. The molecule has 0 fully saturated rings. The van der Waals surface area contributed by atoms with E-state index in [1.54, 1.807) is 18.2 Å². The summed E-state index contributed by atoms with van der Waals surface area (Å²) in [6.45, 7) is 0. The Labute approximate surface area is 117 Å². The average Bonchev–Trinajstić information content (AvgIpc) is 3.12. The van der Waals surface area contributed by atoms with Crippen LogP contribution in [-0.4, -0.2) is 36.1 Å². The van der Waals surface area contributed by atoms with Gasteiger partial charge in [0.05, 0.1) is 16.9 Å². The van der Waals surface area contributed by atoms with Crippen LogP contribution in [0.4, 0.5) is 5.69 Å². The van der Waals surface area contributed by atoms with Crippen molar-refractivity contribution in [3.63, 3.8) is 0 Å². The van der Waals surface area contributed by atoms with E-state index in [1.165, 1.54) is 23.5 Å². The molecule has 2 aromatic heterocycles. The molecule has 2 heterocycles. The molecule has 0 radical (unpaired) electrons. The molecule has 100 valence electrons. The van der Waals surface area contributed by atoms with Crippen LogP contribution in [0.3, 0.4) is 0 Å². The molecule has 0 aliphatic rings. The smallest absolute Gasteiger partial charge is 0.277 e. The average molecular weight is 290 g/mol. The quantitative estimate of drug-likeness (QED) is 0.756. The first-order valence-electron chi connectivity index (χ1n) is 5.56. The lowest BCUT2D eigenvalue weighted by atomic mass is 10.2. The number of nitrogens with zero attached hydrogens (tertiary/aromatic N) is 5. The van der Waals surface area contributed by atoms with E-state index in [9.17, 15) is 4.79 Å². The molecule has 8 nitrogen and oxygen atoms in total. The number of amides is 1. The fourth-order valence-corrected chi connectivity index (χ4v) is 1.93. The third-order valence-corrected chi connectivity index (χ3v) is 2.84. The molecule has 0 spiro atoms. The molecular formula is C11H8ClN7O. The van der Waals surface area contributed by atoms with Crippen molar-refractivity contribution in [2.45, 2.75) is 0 Å². The molecule has 0 saturated carbocycles. The number of carbonyl (C=O) groups excluding carboxylic acids is 1. The summed E-state index contributed by atoms with van der Waals surface area (Å²) in [7, 11) is 0. The van der Waals surface area contributed by atoms with Crippen molar-refractivity contribution in [1.82, 2.24) is 30.2 Å². The molecule has 3 aromatic rings. The minimum absolute atomic E-state index is 0.175. The van der Waals surface area contributed by atoms with E-state index in [-0.39, 0.29) is 5.69 Å². The van der Waals surface area contributed by atoms with Gasteiger partial charge in [-0.2, -0.15) is 20.5 Å². The molecular weight excluding hydrogens is 282 g/mol. The fraction of sp³-hybridized carbons (Fsp3) is 0. The number of para-hydroxylation sites is 1. The van der Waals surface area contributed by atoms with E-state index >= 15 is 0 Å². The number of H-pyrrole nitrogens is 1. The maximum atomic E-state index is 12.0. The molecule has 2 N–H and O–H groups in total. The van der Waals surface area contributed by atoms with Gasteiger partial charge in [-0.1, -0.05) is 17.7 Å². The van der Waals surface area contributed by atoms with Crippen molar-refractivity contribution in [3.05, 3.63) is 47.8 Å². The number of hydrogen-bond donors (Lipinski definition) is 2. The van der Waals surface area contributed by atoms with Crippen LogP contribution >= 0.6 is 11.6 Å². The van der Waals surface area contributed by atoms with Gasteiger partial charge in [0, 0.05) is 0 Å². The minimum Gasteiger partial charge on any atom is -0.319 e. The van der Waals surface area contributed by atoms with Crippen LogP contribution in [0, 0.1) is 0 Å². The normalized spacial score (nSPS) is 10.4. The molecule has 9 heteroatoms. The Morgan fingerprint density at radius 3 is 3.00 bits per heavy atom. The van der Waals surface area contributed by atoms with Crippen molar-refractivity contribution >= 4 is 23.2 Å². The Balaban J connectivity index is 1.98. The van der Waals surface area contributed by atoms with E-state index in [0.717, 1.165) is 0 Å². The lowest BCUT2D eigenvalue weighted by molar-refractivity contribution is 0.102. The molecule has 3 rings (SSSR count).